The molecule has 1 aromatic carbocycles. The number of aromatic carboxylic acids is 2. The molecule has 1 rings (SSSR count). The van der Waals surface area contributed by atoms with E-state index in [-0.39, 0.29) is 11.1 Å². The van der Waals surface area contributed by atoms with E-state index < -0.39 is 19.2 Å². The molecule has 0 unspecified atom stereocenters. The molecule has 94 valence electrons. The van der Waals surface area contributed by atoms with E-state index in [1.807, 2.05) is 0 Å². The first-order valence-corrected chi connectivity index (χ1v) is 4.06. The zero-order valence-corrected chi connectivity index (χ0v) is 8.11. The van der Waals surface area contributed by atoms with Crippen LogP contribution in [0.3, 0.4) is 0 Å². The predicted molar refractivity (Wildman–Crippen MR) is 50.5 cm³/mol. The Kier molecular flexibility index (Phi) is 5.16. The molecule has 17 heavy (non-hydrogen) atoms. The quantitative estimate of drug-likeness (QED) is 0.626. The highest BCUT2D eigenvalue weighted by atomic mass is 19.5. The average molecular weight is 253 g/mol. The van der Waals surface area contributed by atoms with Crippen LogP contribution in [0.15, 0.2) is 24.3 Å². The van der Waals surface area contributed by atoms with E-state index in [4.69, 9.17) is 10.2 Å². The number of rotatable bonds is 2. The Labute approximate surface area is 92.6 Å². The number of halogens is 4. The molecule has 0 aromatic heterocycles. The number of carbonyl (C=O) groups is 2. The third-order valence-electron chi connectivity index (χ3n) is 1.39. The topological polar surface area (TPSA) is 74.6 Å². The summed E-state index contributed by atoms with van der Waals surface area (Å²) < 4.78 is 39.0. The summed E-state index contributed by atoms with van der Waals surface area (Å²) in [7, 11) is -6.00. The van der Waals surface area contributed by atoms with Crippen LogP contribution in [0.1, 0.15) is 20.7 Å². The first-order valence-electron chi connectivity index (χ1n) is 4.06. The van der Waals surface area contributed by atoms with Crippen LogP contribution < -0.4 is 0 Å². The Morgan fingerprint density at radius 2 is 1.12 bits per heavy atom. The molecule has 0 aliphatic rings. The fourth-order valence-corrected chi connectivity index (χ4v) is 0.856. The minimum absolute atomic E-state index is 0.190. The molecule has 0 saturated heterocycles. The van der Waals surface area contributed by atoms with Crippen molar-refractivity contribution in [3.05, 3.63) is 35.4 Å². The molecule has 0 spiro atoms. The first kappa shape index (κ1) is 14.9. The molecule has 0 aliphatic carbocycles. The van der Waals surface area contributed by atoms with Gasteiger partial charge in [0.2, 0.25) is 0 Å². The molecule has 0 fully saturated rings. The summed E-state index contributed by atoms with van der Waals surface area (Å²) in [4.78, 5) is 20.9. The fourth-order valence-electron chi connectivity index (χ4n) is 0.856. The van der Waals surface area contributed by atoms with Gasteiger partial charge in [-0.1, -0.05) is 12.1 Å². The molecule has 0 aliphatic heterocycles. The second-order valence-corrected chi connectivity index (χ2v) is 2.65. The molecular weight excluding hydrogens is 247 g/mol. The van der Waals surface area contributed by atoms with Crippen LogP contribution in [0.2, 0.25) is 0 Å². The first-order chi connectivity index (χ1) is 7.63. The minimum Gasteiger partial charge on any atom is -0.478 e. The minimum atomic E-state index is -6.00. The molecule has 0 saturated carbocycles. The van der Waals surface area contributed by atoms with E-state index in [0.717, 1.165) is 0 Å². The van der Waals surface area contributed by atoms with Gasteiger partial charge in [0.15, 0.2) is 0 Å². The highest BCUT2D eigenvalue weighted by molar-refractivity contribution is 6.50. The highest BCUT2D eigenvalue weighted by Crippen LogP contribution is 2.08. The van der Waals surface area contributed by atoms with Gasteiger partial charge < -0.3 is 27.5 Å². The van der Waals surface area contributed by atoms with Crippen LogP contribution in [0.4, 0.5) is 17.3 Å². The van der Waals surface area contributed by atoms with Gasteiger partial charge in [0.1, 0.15) is 0 Å². The number of carboxylic acids is 2. The smallest absolute Gasteiger partial charge is 0.478 e. The molecule has 0 atom stereocenters. The lowest BCUT2D eigenvalue weighted by Crippen LogP contribution is -2.06. The lowest BCUT2D eigenvalue weighted by Gasteiger charge is -1.98. The molecule has 4 nitrogen and oxygen atoms in total. The van der Waals surface area contributed by atoms with Crippen molar-refractivity contribution < 1.29 is 37.1 Å². The molecule has 1 aromatic rings. The van der Waals surface area contributed by atoms with Crippen molar-refractivity contribution in [2.24, 2.45) is 0 Å². The molecular formula is C8H6BF4O4-. The van der Waals surface area contributed by atoms with Crippen LogP contribution in [-0.2, 0) is 0 Å². The Balaban J connectivity index is 0.000000437. The Bertz CT molecular complexity index is 379. The third-order valence-corrected chi connectivity index (χ3v) is 1.39. The van der Waals surface area contributed by atoms with Crippen molar-refractivity contribution in [3.63, 3.8) is 0 Å². The van der Waals surface area contributed by atoms with Gasteiger partial charge in [0.25, 0.3) is 0 Å². The van der Waals surface area contributed by atoms with E-state index >= 15 is 0 Å². The maximum absolute atomic E-state index is 10.5. The van der Waals surface area contributed by atoms with Crippen LogP contribution in [-0.4, -0.2) is 29.4 Å². The Morgan fingerprint density at radius 1 is 0.882 bits per heavy atom. The number of carboxylic acid groups (broad SMARTS) is 2. The van der Waals surface area contributed by atoms with Crippen LogP contribution in [0, 0.1) is 0 Å². The van der Waals surface area contributed by atoms with Gasteiger partial charge in [-0.2, -0.15) is 0 Å². The van der Waals surface area contributed by atoms with Crippen LogP contribution >= 0.6 is 0 Å². The zero-order valence-electron chi connectivity index (χ0n) is 8.11. The van der Waals surface area contributed by atoms with Crippen molar-refractivity contribution in [1.82, 2.24) is 0 Å². The summed E-state index contributed by atoms with van der Waals surface area (Å²) in [5.74, 6) is -2.46. The molecule has 9 heteroatoms. The van der Waals surface area contributed by atoms with Gasteiger partial charge in [-0.15, -0.1) is 0 Å². The maximum Gasteiger partial charge on any atom is 0.673 e. The maximum atomic E-state index is 10.5. The summed E-state index contributed by atoms with van der Waals surface area (Å²) in [6.07, 6.45) is 0. The average Bonchev–Trinajstić information content (AvgIpc) is 2.15. The largest absolute Gasteiger partial charge is 0.673 e. The molecule has 0 heterocycles. The summed E-state index contributed by atoms with van der Waals surface area (Å²) in [5.41, 5.74) is -0.380. The lowest BCUT2D eigenvalue weighted by molar-refractivity contribution is 0.0651. The summed E-state index contributed by atoms with van der Waals surface area (Å²) >= 11 is 0. The van der Waals surface area contributed by atoms with Gasteiger partial charge >= 0.3 is 19.2 Å². The van der Waals surface area contributed by atoms with E-state index in [9.17, 15) is 26.9 Å². The number of benzene rings is 1. The summed E-state index contributed by atoms with van der Waals surface area (Å²) in [5, 5.41) is 17.1. The van der Waals surface area contributed by atoms with Gasteiger partial charge in [-0.05, 0) is 12.1 Å². The Hall–Kier alpha value is -2.06. The van der Waals surface area contributed by atoms with Crippen molar-refractivity contribution >= 4 is 19.2 Å². The van der Waals surface area contributed by atoms with Gasteiger partial charge in [0.05, 0.1) is 11.1 Å². The van der Waals surface area contributed by atoms with E-state index in [0.29, 0.717) is 0 Å². The second kappa shape index (κ2) is 5.87. The lowest BCUT2D eigenvalue weighted by atomic mass is 10.1. The third kappa shape index (κ3) is 6.93. The molecule has 0 radical (unpaired) electrons. The van der Waals surface area contributed by atoms with E-state index in [1.165, 1.54) is 24.3 Å². The van der Waals surface area contributed by atoms with Crippen molar-refractivity contribution in [3.8, 4) is 0 Å². The van der Waals surface area contributed by atoms with Crippen molar-refractivity contribution in [2.75, 3.05) is 0 Å². The standard InChI is InChI=1S/C8H6O4.BF4/c9-7(10)5-3-1-2-4-6(5)8(11)12;2-1(3,4)5/h1-4H,(H,9,10)(H,11,12);/q;-1. The number of hydrogen-bond acceptors (Lipinski definition) is 2. The summed E-state index contributed by atoms with van der Waals surface area (Å²) in [6.45, 7) is 0. The zero-order chi connectivity index (χ0) is 13.6. The summed E-state index contributed by atoms with van der Waals surface area (Å²) in [6, 6.07) is 5.48. The molecule has 0 bridgehead atoms. The van der Waals surface area contributed by atoms with E-state index in [2.05, 4.69) is 0 Å². The highest BCUT2D eigenvalue weighted by Gasteiger charge is 2.20. The van der Waals surface area contributed by atoms with Crippen molar-refractivity contribution in [1.29, 1.82) is 0 Å². The van der Waals surface area contributed by atoms with Crippen molar-refractivity contribution in [2.45, 2.75) is 0 Å². The number of hydrogen-bond donors (Lipinski definition) is 2. The monoisotopic (exact) mass is 253 g/mol. The fraction of sp³-hybridized carbons (Fsp3) is 0. The van der Waals surface area contributed by atoms with Gasteiger partial charge in [-0.25, -0.2) is 9.59 Å². The molecule has 0 amide bonds. The van der Waals surface area contributed by atoms with E-state index in [1.54, 1.807) is 0 Å². The Morgan fingerprint density at radius 3 is 1.29 bits per heavy atom. The van der Waals surface area contributed by atoms with Gasteiger partial charge in [-0.3, -0.25) is 0 Å². The van der Waals surface area contributed by atoms with Gasteiger partial charge in [0, 0.05) is 0 Å². The SMILES string of the molecule is F[B-](F)(F)F.O=C(O)c1ccccc1C(=O)O. The van der Waals surface area contributed by atoms with Crippen LogP contribution in [0.5, 0.6) is 0 Å². The normalized spacial score (nSPS) is 10.1. The second-order valence-electron chi connectivity index (χ2n) is 2.65. The van der Waals surface area contributed by atoms with Crippen LogP contribution in [0.25, 0.3) is 0 Å². The predicted octanol–water partition coefficient (Wildman–Crippen LogP) is 2.38. The molecule has 2 N–H and O–H groups in total.